The van der Waals surface area contributed by atoms with Crippen molar-refractivity contribution in [3.8, 4) is 0 Å². The van der Waals surface area contributed by atoms with Crippen molar-refractivity contribution in [2.45, 2.75) is 65.3 Å². The molecule has 2 atom stereocenters. The van der Waals surface area contributed by atoms with E-state index in [-0.39, 0.29) is 39.0 Å². The molecule has 6 nitrogen and oxygen atoms in total. The minimum atomic E-state index is -0.379. The lowest BCUT2D eigenvalue weighted by Gasteiger charge is -2.59. The van der Waals surface area contributed by atoms with Gasteiger partial charge in [-0.3, -0.25) is 14.9 Å². The summed E-state index contributed by atoms with van der Waals surface area (Å²) < 4.78 is 8.04. The summed E-state index contributed by atoms with van der Waals surface area (Å²) in [6.07, 6.45) is 7.71. The number of benzene rings is 1. The zero-order chi connectivity index (χ0) is 22.5. The van der Waals surface area contributed by atoms with E-state index in [2.05, 4.69) is 23.9 Å². The number of ether oxygens (including phenoxy) is 1. The molecule has 0 radical (unpaired) electrons. The molecule has 4 aliphatic carbocycles. The fraction of sp³-hybridized carbons (Fsp3) is 0.600. The number of rotatable bonds is 7. The van der Waals surface area contributed by atoms with Gasteiger partial charge in [0.25, 0.3) is 5.69 Å². The molecule has 1 aromatic heterocycles. The zero-order valence-corrected chi connectivity index (χ0v) is 21.6. The first-order valence-corrected chi connectivity index (χ1v) is 12.5. The molecule has 4 aliphatic rings. The third-order valence-electron chi connectivity index (χ3n) is 8.01. The molecule has 6 rings (SSSR count). The fourth-order valence-corrected chi connectivity index (χ4v) is 8.09. The van der Waals surface area contributed by atoms with E-state index in [0.29, 0.717) is 30.4 Å². The van der Waals surface area contributed by atoms with Crippen molar-refractivity contribution in [3.63, 3.8) is 0 Å². The zero-order valence-electron chi connectivity index (χ0n) is 19.2. The quantitative estimate of drug-likeness (QED) is 0.235. The number of hydrogen-bond acceptors (Lipinski definition) is 5. The van der Waals surface area contributed by atoms with Crippen molar-refractivity contribution in [1.29, 1.82) is 0 Å². The van der Waals surface area contributed by atoms with E-state index in [9.17, 15) is 14.9 Å². The summed E-state index contributed by atoms with van der Waals surface area (Å²) in [5.74, 6) is 1.48. The summed E-state index contributed by atoms with van der Waals surface area (Å²) >= 11 is 1.68. The third-order valence-corrected chi connectivity index (χ3v) is 9.15. The second kappa shape index (κ2) is 9.10. The van der Waals surface area contributed by atoms with E-state index in [0.717, 1.165) is 36.9 Å². The number of thiazole rings is 1. The van der Waals surface area contributed by atoms with Crippen LogP contribution in [0.5, 0.6) is 0 Å². The van der Waals surface area contributed by atoms with Crippen LogP contribution in [0.3, 0.4) is 0 Å². The van der Waals surface area contributed by atoms with E-state index < -0.39 is 0 Å². The van der Waals surface area contributed by atoms with Crippen LogP contribution in [-0.2, 0) is 22.5 Å². The SMILES string of the molecule is Cc1c(CCOC(=O)C23CC4CC(CC(C)(C4)C2)C3)sc[n+]1Cc1ccc([N+](=O)[O-])cc1.[Br-]. The smallest absolute Gasteiger partial charge is 0.312 e. The molecule has 33 heavy (non-hydrogen) atoms. The number of halogens is 1. The molecule has 2 unspecified atom stereocenters. The molecule has 0 saturated heterocycles. The maximum atomic E-state index is 13.2. The Balaban J connectivity index is 0.00000259. The van der Waals surface area contributed by atoms with E-state index in [1.165, 1.54) is 24.1 Å². The number of hydrogen-bond donors (Lipinski definition) is 0. The van der Waals surface area contributed by atoms with Gasteiger partial charge in [-0.1, -0.05) is 18.3 Å². The van der Waals surface area contributed by atoms with Crippen LogP contribution in [-0.4, -0.2) is 17.5 Å². The molecule has 0 N–H and O–H groups in total. The second-order valence-electron chi connectivity index (χ2n) is 10.7. The van der Waals surface area contributed by atoms with Crippen molar-refractivity contribution in [2.75, 3.05) is 6.61 Å². The van der Waals surface area contributed by atoms with E-state index >= 15 is 0 Å². The average molecular weight is 536 g/mol. The van der Waals surface area contributed by atoms with E-state index in [1.54, 1.807) is 35.6 Å². The largest absolute Gasteiger partial charge is 1.00 e. The summed E-state index contributed by atoms with van der Waals surface area (Å²) in [5, 5.41) is 10.8. The van der Waals surface area contributed by atoms with Gasteiger partial charge >= 0.3 is 5.97 Å². The highest BCUT2D eigenvalue weighted by Gasteiger charge is 2.59. The van der Waals surface area contributed by atoms with Crippen molar-refractivity contribution < 1.29 is 36.0 Å². The maximum absolute atomic E-state index is 13.2. The average Bonchev–Trinajstić information content (AvgIpc) is 3.06. The Morgan fingerprint density at radius 2 is 1.88 bits per heavy atom. The Labute approximate surface area is 209 Å². The van der Waals surface area contributed by atoms with E-state index in [4.69, 9.17) is 4.74 Å². The van der Waals surface area contributed by atoms with Crippen LogP contribution in [0.4, 0.5) is 5.69 Å². The van der Waals surface area contributed by atoms with Gasteiger partial charge in [-0.25, -0.2) is 0 Å². The summed E-state index contributed by atoms with van der Waals surface area (Å²) in [7, 11) is 0. The first-order chi connectivity index (χ1) is 15.3. The van der Waals surface area contributed by atoms with Gasteiger partial charge in [0, 0.05) is 31.0 Å². The highest BCUT2D eigenvalue weighted by atomic mass is 79.9. The number of aromatic nitrogens is 1. The Morgan fingerprint density at radius 3 is 2.48 bits per heavy atom. The van der Waals surface area contributed by atoms with Gasteiger partial charge in [0.2, 0.25) is 5.51 Å². The Hall–Kier alpha value is -1.80. The molecule has 8 heteroatoms. The summed E-state index contributed by atoms with van der Waals surface area (Å²) in [6.45, 7) is 5.57. The number of esters is 1. The summed E-state index contributed by atoms with van der Waals surface area (Å²) in [5.41, 5.74) is 4.49. The number of carbonyl (C=O) groups is 1. The van der Waals surface area contributed by atoms with Crippen LogP contribution in [0.1, 0.15) is 61.6 Å². The highest BCUT2D eigenvalue weighted by Crippen LogP contribution is 2.65. The number of non-ortho nitro benzene ring substituents is 1. The minimum Gasteiger partial charge on any atom is -1.00 e. The van der Waals surface area contributed by atoms with Gasteiger partial charge in [-0.2, -0.15) is 4.57 Å². The lowest BCUT2D eigenvalue weighted by Crippen LogP contribution is -3.00. The first kappa shape index (κ1) is 24.3. The van der Waals surface area contributed by atoms with Crippen LogP contribution in [0.15, 0.2) is 29.8 Å². The first-order valence-electron chi connectivity index (χ1n) is 11.6. The third kappa shape index (κ3) is 4.74. The van der Waals surface area contributed by atoms with Crippen LogP contribution in [0.2, 0.25) is 0 Å². The van der Waals surface area contributed by atoms with Gasteiger partial charge in [-0.05, 0) is 67.9 Å². The van der Waals surface area contributed by atoms with Gasteiger partial charge in [0.05, 0.1) is 21.8 Å². The predicted octanol–water partition coefficient (Wildman–Crippen LogP) is 2.00. The Morgan fingerprint density at radius 1 is 1.21 bits per heavy atom. The van der Waals surface area contributed by atoms with Gasteiger partial charge in [0.15, 0.2) is 12.2 Å². The van der Waals surface area contributed by atoms with Crippen molar-refractivity contribution >= 4 is 23.0 Å². The molecule has 0 aliphatic heterocycles. The lowest BCUT2D eigenvalue weighted by molar-refractivity contribution is -0.689. The van der Waals surface area contributed by atoms with E-state index in [1.807, 2.05) is 0 Å². The summed E-state index contributed by atoms with van der Waals surface area (Å²) in [6, 6.07) is 6.69. The maximum Gasteiger partial charge on any atom is 0.312 e. The molecule has 178 valence electrons. The second-order valence-corrected chi connectivity index (χ2v) is 11.7. The van der Waals surface area contributed by atoms with Crippen molar-refractivity contribution in [1.82, 2.24) is 0 Å². The monoisotopic (exact) mass is 534 g/mol. The van der Waals surface area contributed by atoms with Gasteiger partial charge in [-0.15, -0.1) is 0 Å². The van der Waals surface area contributed by atoms with Crippen molar-refractivity contribution in [2.24, 2.45) is 22.7 Å². The normalized spacial score (nSPS) is 29.5. The molecule has 4 saturated carbocycles. The Bertz CT molecular complexity index is 1040. The predicted molar refractivity (Wildman–Crippen MR) is 121 cm³/mol. The van der Waals surface area contributed by atoms with Gasteiger partial charge in [0.1, 0.15) is 0 Å². The van der Waals surface area contributed by atoms with Crippen LogP contribution in [0.25, 0.3) is 0 Å². The fourth-order valence-electron chi connectivity index (χ4n) is 7.12. The van der Waals surface area contributed by atoms with Crippen LogP contribution < -0.4 is 21.5 Å². The summed E-state index contributed by atoms with van der Waals surface area (Å²) in [4.78, 5) is 24.8. The number of carbonyl (C=O) groups excluding carboxylic acids is 1. The van der Waals surface area contributed by atoms with Crippen molar-refractivity contribution in [3.05, 3.63) is 56.0 Å². The number of nitrogens with zero attached hydrogens (tertiary/aromatic N) is 2. The molecule has 2 aromatic rings. The highest BCUT2D eigenvalue weighted by molar-refractivity contribution is 7.09. The molecule has 0 spiro atoms. The molecule has 0 amide bonds. The van der Waals surface area contributed by atoms with Gasteiger partial charge < -0.3 is 21.7 Å². The molecule has 1 heterocycles. The number of nitro groups is 1. The molecule has 1 aromatic carbocycles. The molecular formula is C25H31BrN2O4S. The molecule has 4 bridgehead atoms. The van der Waals surface area contributed by atoms with Crippen LogP contribution in [0, 0.1) is 39.7 Å². The lowest BCUT2D eigenvalue weighted by atomic mass is 9.44. The molecular weight excluding hydrogens is 504 g/mol. The minimum absolute atomic E-state index is 0. The topological polar surface area (TPSA) is 73.3 Å². The number of nitro benzene ring substituents is 1. The van der Waals surface area contributed by atoms with Crippen LogP contribution >= 0.6 is 11.3 Å². The Kier molecular flexibility index (Phi) is 6.71. The standard InChI is InChI=1S/C25H31N2O4S.BrH/c1-17-22(32-16-26(17)14-18-3-5-21(6-4-18)27(29)30)7-8-31-23(28)25-12-19-9-20(13-25)11-24(2,10-19)15-25;/h3-6,16,19-20H,7-15H2,1-2H3;1H/q+1;/p-1. The molecule has 4 fully saturated rings.